The number of fused-ring (bicyclic) bond motifs is 1. The number of nitrogens with zero attached hydrogens (tertiary/aromatic N) is 2. The standard InChI is InChI=1S/C23H26N2O3S3/c1-4-5-6-11-24-17-9-7-15(2)12-18(17)30-20(24)10-8-16(3)13-19-22(28)25(14-21(26)27)23(29)31-19/h7-10,12-13H,4-6,11,14H2,1-3H3,(H,26,27)/b16-8+,19-13+,20-10-. The molecular weight excluding hydrogens is 448 g/mol. The summed E-state index contributed by atoms with van der Waals surface area (Å²) in [6.45, 7) is 6.81. The van der Waals surface area contributed by atoms with Crippen LogP contribution in [0, 0.1) is 6.92 Å². The number of hydrogen-bond donors (Lipinski definition) is 1. The number of amides is 1. The van der Waals surface area contributed by atoms with Crippen LogP contribution in [-0.4, -0.2) is 39.3 Å². The van der Waals surface area contributed by atoms with Crippen LogP contribution in [0.15, 0.2) is 56.8 Å². The maximum atomic E-state index is 12.5. The molecule has 1 saturated heterocycles. The fourth-order valence-corrected chi connectivity index (χ4v) is 5.81. The Balaban J connectivity index is 1.79. The smallest absolute Gasteiger partial charge is 0.323 e. The Hall–Kier alpha value is -2.03. The van der Waals surface area contributed by atoms with Crippen LogP contribution >= 0.6 is 35.7 Å². The summed E-state index contributed by atoms with van der Waals surface area (Å²) in [4.78, 5) is 28.6. The zero-order chi connectivity index (χ0) is 22.5. The topological polar surface area (TPSA) is 60.9 Å². The number of carboxylic acids is 1. The highest BCUT2D eigenvalue weighted by molar-refractivity contribution is 8.26. The largest absolute Gasteiger partial charge is 0.480 e. The van der Waals surface area contributed by atoms with Gasteiger partial charge in [0.2, 0.25) is 0 Å². The lowest BCUT2D eigenvalue weighted by atomic mass is 10.2. The number of allylic oxidation sites excluding steroid dienone is 4. The summed E-state index contributed by atoms with van der Waals surface area (Å²) in [6, 6.07) is 6.56. The zero-order valence-electron chi connectivity index (χ0n) is 17.9. The molecule has 5 nitrogen and oxygen atoms in total. The molecule has 31 heavy (non-hydrogen) atoms. The lowest BCUT2D eigenvalue weighted by Gasteiger charge is -2.20. The van der Waals surface area contributed by atoms with Crippen molar-refractivity contribution in [3.8, 4) is 0 Å². The van der Waals surface area contributed by atoms with Crippen LogP contribution < -0.4 is 4.90 Å². The highest BCUT2D eigenvalue weighted by atomic mass is 32.2. The molecule has 0 aromatic heterocycles. The van der Waals surface area contributed by atoms with E-state index in [0.29, 0.717) is 4.91 Å². The predicted octanol–water partition coefficient (Wildman–Crippen LogP) is 5.71. The van der Waals surface area contributed by atoms with Crippen molar-refractivity contribution in [1.29, 1.82) is 0 Å². The number of aliphatic carboxylic acids is 1. The molecule has 0 atom stereocenters. The summed E-state index contributed by atoms with van der Waals surface area (Å²) in [5, 5.41) is 10.1. The Bertz CT molecular complexity index is 998. The van der Waals surface area contributed by atoms with Gasteiger partial charge in [0, 0.05) is 11.4 Å². The van der Waals surface area contributed by atoms with Gasteiger partial charge in [0.1, 0.15) is 10.9 Å². The molecule has 2 aliphatic heterocycles. The average molecular weight is 475 g/mol. The van der Waals surface area contributed by atoms with Crippen molar-refractivity contribution < 1.29 is 14.7 Å². The predicted molar refractivity (Wildman–Crippen MR) is 133 cm³/mol. The first-order chi connectivity index (χ1) is 14.8. The molecule has 0 spiro atoms. The number of thioether (sulfide) groups is 2. The number of carboxylic acid groups (broad SMARTS) is 1. The first-order valence-electron chi connectivity index (χ1n) is 10.2. The summed E-state index contributed by atoms with van der Waals surface area (Å²) < 4.78 is 0.282. The van der Waals surface area contributed by atoms with Crippen LogP contribution in [0.5, 0.6) is 0 Å². The molecule has 2 aliphatic rings. The van der Waals surface area contributed by atoms with Crippen LogP contribution in [0.4, 0.5) is 5.69 Å². The van der Waals surface area contributed by atoms with Crippen molar-refractivity contribution in [2.24, 2.45) is 0 Å². The van der Waals surface area contributed by atoms with Gasteiger partial charge in [-0.05, 0) is 55.7 Å². The monoisotopic (exact) mass is 474 g/mol. The molecule has 1 N–H and O–H groups in total. The highest BCUT2D eigenvalue weighted by Gasteiger charge is 2.33. The molecule has 0 bridgehead atoms. The average Bonchev–Trinajstić information content (AvgIpc) is 3.17. The van der Waals surface area contributed by atoms with Gasteiger partial charge in [-0.2, -0.15) is 0 Å². The lowest BCUT2D eigenvalue weighted by Crippen LogP contribution is -2.33. The minimum Gasteiger partial charge on any atom is -0.480 e. The van der Waals surface area contributed by atoms with Crippen LogP contribution in [0.1, 0.15) is 38.7 Å². The quantitative estimate of drug-likeness (QED) is 0.294. The third kappa shape index (κ3) is 5.81. The summed E-state index contributed by atoms with van der Waals surface area (Å²) in [5.41, 5.74) is 3.40. The number of anilines is 1. The van der Waals surface area contributed by atoms with Gasteiger partial charge in [0.25, 0.3) is 5.91 Å². The second-order valence-corrected chi connectivity index (χ2v) is 10.2. The van der Waals surface area contributed by atoms with E-state index in [4.69, 9.17) is 17.3 Å². The molecule has 0 radical (unpaired) electrons. The number of carbonyl (C=O) groups excluding carboxylic acids is 1. The SMILES string of the molecule is CCCCCN1/C(=C/C=C(C)/C=C2/SC(=S)N(CC(=O)O)C2=O)Sc2cc(C)ccc21. The molecule has 164 valence electrons. The molecule has 0 aliphatic carbocycles. The molecular formula is C23H26N2O3S3. The zero-order valence-corrected chi connectivity index (χ0v) is 20.3. The van der Waals surface area contributed by atoms with Crippen LogP contribution in [-0.2, 0) is 9.59 Å². The molecule has 0 saturated carbocycles. The van der Waals surface area contributed by atoms with Crippen molar-refractivity contribution in [1.82, 2.24) is 4.90 Å². The van der Waals surface area contributed by atoms with Crippen LogP contribution in [0.2, 0.25) is 0 Å². The van der Waals surface area contributed by atoms with Gasteiger partial charge in [-0.1, -0.05) is 67.6 Å². The van der Waals surface area contributed by atoms with E-state index in [2.05, 4.69) is 43.0 Å². The minimum absolute atomic E-state index is 0.282. The summed E-state index contributed by atoms with van der Waals surface area (Å²) in [5.74, 6) is -1.43. The number of benzene rings is 1. The highest BCUT2D eigenvalue weighted by Crippen LogP contribution is 2.46. The van der Waals surface area contributed by atoms with Gasteiger partial charge in [-0.25, -0.2) is 0 Å². The molecule has 3 rings (SSSR count). The lowest BCUT2D eigenvalue weighted by molar-refractivity contribution is -0.140. The van der Waals surface area contributed by atoms with Crippen molar-refractivity contribution >= 4 is 57.6 Å². The van der Waals surface area contributed by atoms with E-state index < -0.39 is 12.5 Å². The molecule has 0 unspecified atom stereocenters. The molecule has 2 heterocycles. The van der Waals surface area contributed by atoms with Crippen molar-refractivity contribution in [3.05, 3.63) is 57.5 Å². The molecule has 8 heteroatoms. The van der Waals surface area contributed by atoms with E-state index in [0.717, 1.165) is 35.2 Å². The molecule has 1 aromatic carbocycles. The summed E-state index contributed by atoms with van der Waals surface area (Å²) >= 11 is 8.07. The van der Waals surface area contributed by atoms with Gasteiger partial charge in [-0.3, -0.25) is 14.5 Å². The normalized spacial score (nSPS) is 19.1. The Morgan fingerprint density at radius 2 is 2.00 bits per heavy atom. The second kappa shape index (κ2) is 10.5. The van der Waals surface area contributed by atoms with Crippen molar-refractivity contribution in [2.45, 2.75) is 44.9 Å². The van der Waals surface area contributed by atoms with Gasteiger partial charge in [0.05, 0.1) is 15.6 Å². The Labute approximate surface area is 197 Å². The van der Waals surface area contributed by atoms with Gasteiger partial charge in [-0.15, -0.1) is 0 Å². The summed E-state index contributed by atoms with van der Waals surface area (Å²) in [7, 11) is 0. The maximum Gasteiger partial charge on any atom is 0.323 e. The first kappa shape index (κ1) is 23.6. The Kier molecular flexibility index (Phi) is 8.02. The Morgan fingerprint density at radius 1 is 1.23 bits per heavy atom. The number of unbranched alkanes of at least 4 members (excludes halogenated alkanes) is 2. The molecule has 1 amide bonds. The molecule has 1 aromatic rings. The second-order valence-electron chi connectivity index (χ2n) is 7.51. The van der Waals surface area contributed by atoms with Gasteiger partial charge in [0.15, 0.2) is 0 Å². The molecule has 1 fully saturated rings. The van der Waals surface area contributed by atoms with E-state index in [1.807, 2.05) is 13.0 Å². The first-order valence-corrected chi connectivity index (χ1v) is 12.3. The maximum absolute atomic E-state index is 12.5. The minimum atomic E-state index is -1.08. The van der Waals surface area contributed by atoms with Gasteiger partial charge >= 0.3 is 5.97 Å². The number of rotatable bonds is 8. The van der Waals surface area contributed by atoms with Crippen molar-refractivity contribution in [3.63, 3.8) is 0 Å². The van der Waals surface area contributed by atoms with E-state index in [1.165, 1.54) is 34.0 Å². The van der Waals surface area contributed by atoms with E-state index in [1.54, 1.807) is 17.8 Å². The van der Waals surface area contributed by atoms with Gasteiger partial charge < -0.3 is 10.0 Å². The van der Waals surface area contributed by atoms with E-state index in [9.17, 15) is 9.59 Å². The Morgan fingerprint density at radius 3 is 2.71 bits per heavy atom. The fraction of sp³-hybridized carbons (Fsp3) is 0.348. The number of carbonyl (C=O) groups is 2. The third-order valence-corrected chi connectivity index (χ3v) is 7.38. The summed E-state index contributed by atoms with van der Waals surface area (Å²) in [6.07, 6.45) is 9.38. The van der Waals surface area contributed by atoms with Crippen LogP contribution in [0.3, 0.4) is 0 Å². The number of thiocarbonyl (C=S) groups is 1. The fourth-order valence-electron chi connectivity index (χ4n) is 3.32. The van der Waals surface area contributed by atoms with E-state index >= 15 is 0 Å². The third-order valence-electron chi connectivity index (χ3n) is 4.89. The van der Waals surface area contributed by atoms with E-state index in [-0.39, 0.29) is 10.2 Å². The van der Waals surface area contributed by atoms with Crippen molar-refractivity contribution in [2.75, 3.05) is 18.0 Å². The number of aryl methyl sites for hydroxylation is 1. The van der Waals surface area contributed by atoms with Crippen LogP contribution in [0.25, 0.3) is 0 Å². The number of hydrogen-bond acceptors (Lipinski definition) is 6.